The molecule has 0 fully saturated rings. The van der Waals surface area contributed by atoms with Crippen LogP contribution in [0, 0.1) is 0 Å². The molecule has 0 radical (unpaired) electrons. The summed E-state index contributed by atoms with van der Waals surface area (Å²) in [6.45, 7) is 1.53. The van der Waals surface area contributed by atoms with Crippen LogP contribution in [0.2, 0.25) is 0 Å². The van der Waals surface area contributed by atoms with E-state index in [1.807, 2.05) is 0 Å². The van der Waals surface area contributed by atoms with Crippen LogP contribution in [0.1, 0.15) is 24.0 Å². The largest absolute Gasteiger partial charge is 0.466 e. The van der Waals surface area contributed by atoms with Gasteiger partial charge in [-0.25, -0.2) is 9.59 Å². The highest BCUT2D eigenvalue weighted by molar-refractivity contribution is 9.09. The van der Waals surface area contributed by atoms with Gasteiger partial charge in [-0.1, -0.05) is 34.1 Å². The SMILES string of the molecule is COC(=O)C1=C(C)NC(CBr)=C(C(=O)OC)C1c1ccccc1C(F)(F)F. The lowest BCUT2D eigenvalue weighted by molar-refractivity contribution is -0.140. The first kappa shape index (κ1) is 21.0. The van der Waals surface area contributed by atoms with E-state index < -0.39 is 29.6 Å². The van der Waals surface area contributed by atoms with E-state index in [4.69, 9.17) is 9.47 Å². The Hall–Kier alpha value is -2.29. The number of methoxy groups -OCH3 is 2. The molecule has 0 aromatic heterocycles. The average Bonchev–Trinajstić information content (AvgIpc) is 2.65. The Labute approximate surface area is 162 Å². The van der Waals surface area contributed by atoms with Gasteiger partial charge in [-0.15, -0.1) is 0 Å². The lowest BCUT2D eigenvalue weighted by Crippen LogP contribution is -2.34. The second-order valence-electron chi connectivity index (χ2n) is 5.69. The molecule has 146 valence electrons. The molecule has 2 rings (SSSR count). The number of halogens is 4. The summed E-state index contributed by atoms with van der Waals surface area (Å²) >= 11 is 3.22. The molecule has 1 atom stereocenters. The minimum absolute atomic E-state index is 0.0840. The number of alkyl halides is 4. The first-order chi connectivity index (χ1) is 12.7. The summed E-state index contributed by atoms with van der Waals surface area (Å²) in [7, 11) is 2.24. The second kappa shape index (κ2) is 8.16. The smallest absolute Gasteiger partial charge is 0.416 e. The molecule has 1 aliphatic heterocycles. The van der Waals surface area contributed by atoms with Crippen LogP contribution in [0.3, 0.4) is 0 Å². The van der Waals surface area contributed by atoms with Gasteiger partial charge in [0, 0.05) is 16.7 Å². The molecule has 1 heterocycles. The number of hydrogen-bond donors (Lipinski definition) is 1. The van der Waals surface area contributed by atoms with Crippen molar-refractivity contribution in [2.24, 2.45) is 0 Å². The Kier molecular flexibility index (Phi) is 6.35. The predicted octanol–water partition coefficient (Wildman–Crippen LogP) is 3.66. The lowest BCUT2D eigenvalue weighted by Gasteiger charge is -2.32. The van der Waals surface area contributed by atoms with Crippen LogP contribution in [-0.4, -0.2) is 31.5 Å². The van der Waals surface area contributed by atoms with Gasteiger partial charge in [0.15, 0.2) is 0 Å². The minimum atomic E-state index is -4.67. The third-order valence-electron chi connectivity index (χ3n) is 4.17. The maximum atomic E-state index is 13.6. The van der Waals surface area contributed by atoms with Gasteiger partial charge in [-0.2, -0.15) is 13.2 Å². The number of dihydropyridines is 1. The van der Waals surface area contributed by atoms with Gasteiger partial charge in [0.1, 0.15) is 0 Å². The lowest BCUT2D eigenvalue weighted by atomic mass is 9.78. The van der Waals surface area contributed by atoms with Crippen molar-refractivity contribution in [1.29, 1.82) is 0 Å². The fourth-order valence-electron chi connectivity index (χ4n) is 3.05. The summed E-state index contributed by atoms with van der Waals surface area (Å²) in [5.74, 6) is -2.97. The van der Waals surface area contributed by atoms with Gasteiger partial charge < -0.3 is 14.8 Å². The molecule has 9 heteroatoms. The molecule has 0 saturated heterocycles. The van der Waals surface area contributed by atoms with Gasteiger partial charge in [0.25, 0.3) is 0 Å². The Balaban J connectivity index is 2.86. The Morgan fingerprint density at radius 2 is 1.67 bits per heavy atom. The monoisotopic (exact) mass is 447 g/mol. The highest BCUT2D eigenvalue weighted by Gasteiger charge is 2.43. The predicted molar refractivity (Wildman–Crippen MR) is 94.9 cm³/mol. The third-order valence-corrected chi connectivity index (χ3v) is 4.73. The first-order valence-electron chi connectivity index (χ1n) is 7.76. The van der Waals surface area contributed by atoms with Gasteiger partial charge in [0.2, 0.25) is 0 Å². The third kappa shape index (κ3) is 4.02. The van der Waals surface area contributed by atoms with E-state index in [-0.39, 0.29) is 22.0 Å². The molecule has 1 aromatic rings. The Morgan fingerprint density at radius 1 is 1.11 bits per heavy atom. The summed E-state index contributed by atoms with van der Waals surface area (Å²) in [4.78, 5) is 24.8. The fraction of sp³-hybridized carbons (Fsp3) is 0.333. The van der Waals surface area contributed by atoms with Gasteiger partial charge >= 0.3 is 18.1 Å². The van der Waals surface area contributed by atoms with Crippen LogP contribution in [0.25, 0.3) is 0 Å². The number of hydrogen-bond acceptors (Lipinski definition) is 5. The Morgan fingerprint density at radius 3 is 2.19 bits per heavy atom. The molecule has 1 aliphatic rings. The van der Waals surface area contributed by atoms with E-state index in [1.54, 1.807) is 0 Å². The minimum Gasteiger partial charge on any atom is -0.466 e. The molecular weight excluding hydrogens is 431 g/mol. The number of rotatable bonds is 4. The van der Waals surface area contributed by atoms with Gasteiger partial charge in [-0.05, 0) is 18.6 Å². The number of allylic oxidation sites excluding steroid dienone is 2. The van der Waals surface area contributed by atoms with Crippen LogP contribution >= 0.6 is 15.9 Å². The van der Waals surface area contributed by atoms with Crippen molar-refractivity contribution in [1.82, 2.24) is 5.32 Å². The van der Waals surface area contributed by atoms with Crippen molar-refractivity contribution in [2.45, 2.75) is 19.0 Å². The number of carbonyl (C=O) groups is 2. The van der Waals surface area contributed by atoms with E-state index in [9.17, 15) is 22.8 Å². The van der Waals surface area contributed by atoms with Crippen LogP contribution in [0.4, 0.5) is 13.2 Å². The zero-order valence-corrected chi connectivity index (χ0v) is 16.3. The van der Waals surface area contributed by atoms with Crippen molar-refractivity contribution in [3.63, 3.8) is 0 Å². The van der Waals surface area contributed by atoms with Gasteiger partial charge in [-0.3, -0.25) is 0 Å². The van der Waals surface area contributed by atoms with Gasteiger partial charge in [0.05, 0.1) is 36.8 Å². The quantitative estimate of drug-likeness (QED) is 0.563. The van der Waals surface area contributed by atoms with Crippen LogP contribution in [0.15, 0.2) is 46.8 Å². The molecule has 27 heavy (non-hydrogen) atoms. The molecule has 1 N–H and O–H groups in total. The molecule has 0 spiro atoms. The van der Waals surface area contributed by atoms with Crippen molar-refractivity contribution >= 4 is 27.9 Å². The maximum Gasteiger partial charge on any atom is 0.416 e. The van der Waals surface area contributed by atoms with Crippen LogP contribution in [0.5, 0.6) is 0 Å². The van der Waals surface area contributed by atoms with Crippen molar-refractivity contribution in [3.05, 3.63) is 57.9 Å². The molecule has 0 bridgehead atoms. The normalized spacial score (nSPS) is 17.5. The van der Waals surface area contributed by atoms with Crippen LogP contribution in [-0.2, 0) is 25.2 Å². The molecule has 1 unspecified atom stereocenters. The molecule has 0 saturated carbocycles. The van der Waals surface area contributed by atoms with E-state index in [0.717, 1.165) is 20.3 Å². The summed E-state index contributed by atoms with van der Waals surface area (Å²) in [6, 6.07) is 4.81. The van der Waals surface area contributed by atoms with E-state index in [0.29, 0.717) is 11.4 Å². The van der Waals surface area contributed by atoms with E-state index in [2.05, 4.69) is 21.2 Å². The van der Waals surface area contributed by atoms with E-state index in [1.165, 1.54) is 25.1 Å². The fourth-order valence-corrected chi connectivity index (χ4v) is 3.49. The van der Waals surface area contributed by atoms with Crippen LogP contribution < -0.4 is 5.32 Å². The second-order valence-corrected chi connectivity index (χ2v) is 6.25. The number of esters is 2. The van der Waals surface area contributed by atoms with Crippen molar-refractivity contribution < 1.29 is 32.2 Å². The zero-order valence-electron chi connectivity index (χ0n) is 14.7. The molecule has 0 amide bonds. The number of nitrogens with one attached hydrogen (secondary N) is 1. The molecular formula is C18H17BrF3NO4. The topological polar surface area (TPSA) is 64.6 Å². The van der Waals surface area contributed by atoms with Crippen molar-refractivity contribution in [2.75, 3.05) is 19.5 Å². The summed E-state index contributed by atoms with van der Waals surface area (Å²) < 4.78 is 50.4. The number of carbonyl (C=O) groups excluding carboxylic acids is 2. The molecule has 5 nitrogen and oxygen atoms in total. The molecule has 1 aromatic carbocycles. The summed E-state index contributed by atoms with van der Waals surface area (Å²) in [5, 5.41) is 3.03. The zero-order chi connectivity index (χ0) is 20.4. The maximum absolute atomic E-state index is 13.6. The standard InChI is InChI=1S/C18H17BrF3NO4/c1-9-13(16(24)26-2)14(15(17(25)27-3)12(8-19)23-9)10-6-4-5-7-11(10)18(20,21)22/h4-7,14,23H,8H2,1-3H3. The van der Waals surface area contributed by atoms with E-state index >= 15 is 0 Å². The average molecular weight is 448 g/mol. The Bertz CT molecular complexity index is 830. The molecule has 0 aliphatic carbocycles. The highest BCUT2D eigenvalue weighted by Crippen LogP contribution is 2.44. The first-order valence-corrected chi connectivity index (χ1v) is 8.89. The summed E-state index contributed by atoms with van der Waals surface area (Å²) in [5.41, 5.74) is -0.734. The summed E-state index contributed by atoms with van der Waals surface area (Å²) in [6.07, 6.45) is -4.67. The number of benzene rings is 1. The highest BCUT2D eigenvalue weighted by atomic mass is 79.9. The van der Waals surface area contributed by atoms with Crippen molar-refractivity contribution in [3.8, 4) is 0 Å². The number of ether oxygens (including phenoxy) is 2.